The molecule has 0 saturated heterocycles. The highest BCUT2D eigenvalue weighted by atomic mass is 16.5. The summed E-state index contributed by atoms with van der Waals surface area (Å²) in [5.41, 5.74) is 1.65. The van der Waals surface area contributed by atoms with Gasteiger partial charge in [0.1, 0.15) is 5.75 Å². The van der Waals surface area contributed by atoms with E-state index < -0.39 is 0 Å². The van der Waals surface area contributed by atoms with Crippen molar-refractivity contribution in [1.82, 2.24) is 0 Å². The summed E-state index contributed by atoms with van der Waals surface area (Å²) in [5, 5.41) is 12.1. The second kappa shape index (κ2) is 5.01. The lowest BCUT2D eigenvalue weighted by atomic mass is 10.1. The van der Waals surface area contributed by atoms with Crippen LogP contribution in [-0.4, -0.2) is 17.5 Å². The largest absolute Gasteiger partial charge is 0.493 e. The first kappa shape index (κ1) is 11.0. The van der Waals surface area contributed by atoms with Crippen molar-refractivity contribution in [2.75, 3.05) is 6.61 Å². The first-order valence-electron chi connectivity index (χ1n) is 5.77. The topological polar surface area (TPSA) is 41.8 Å². The van der Waals surface area contributed by atoms with Crippen LogP contribution in [0.25, 0.3) is 0 Å². The fourth-order valence-electron chi connectivity index (χ4n) is 1.57. The fraction of sp³-hybridized carbons (Fsp3) is 0.462. The Morgan fingerprint density at radius 1 is 1.38 bits per heavy atom. The quantitative estimate of drug-likeness (QED) is 0.470. The van der Waals surface area contributed by atoms with E-state index in [4.69, 9.17) is 9.94 Å². The van der Waals surface area contributed by atoms with Crippen LogP contribution in [0.1, 0.15) is 31.7 Å². The highest BCUT2D eigenvalue weighted by Gasteiger charge is 2.21. The van der Waals surface area contributed by atoms with Crippen LogP contribution in [0, 0.1) is 5.92 Å². The Morgan fingerprint density at radius 2 is 2.06 bits per heavy atom. The molecule has 86 valence electrons. The molecular weight excluding hydrogens is 202 g/mol. The molecule has 2 rings (SSSR count). The van der Waals surface area contributed by atoms with E-state index in [1.165, 1.54) is 12.8 Å². The zero-order chi connectivity index (χ0) is 11.4. The van der Waals surface area contributed by atoms with E-state index in [1.54, 1.807) is 0 Å². The lowest BCUT2D eigenvalue weighted by molar-refractivity contribution is 0.299. The second-order valence-corrected chi connectivity index (χ2v) is 4.18. The van der Waals surface area contributed by atoms with E-state index >= 15 is 0 Å². The van der Waals surface area contributed by atoms with Crippen molar-refractivity contribution in [3.63, 3.8) is 0 Å². The average molecular weight is 219 g/mol. The van der Waals surface area contributed by atoms with Gasteiger partial charge in [-0.25, -0.2) is 0 Å². The summed E-state index contributed by atoms with van der Waals surface area (Å²) in [5.74, 6) is 1.66. The normalized spacial score (nSPS) is 16.2. The Hall–Kier alpha value is -1.51. The Kier molecular flexibility index (Phi) is 3.44. The molecule has 0 radical (unpaired) electrons. The lowest BCUT2D eigenvalue weighted by Gasteiger charge is -2.06. The van der Waals surface area contributed by atoms with Crippen molar-refractivity contribution in [1.29, 1.82) is 0 Å². The SMILES string of the molecule is CC/C(=N\O)c1ccc(OCC2CC2)cc1. The molecule has 0 bridgehead atoms. The molecule has 1 aliphatic carbocycles. The van der Waals surface area contributed by atoms with Crippen molar-refractivity contribution < 1.29 is 9.94 Å². The third-order valence-electron chi connectivity index (χ3n) is 2.83. The highest BCUT2D eigenvalue weighted by Crippen LogP contribution is 2.29. The smallest absolute Gasteiger partial charge is 0.119 e. The highest BCUT2D eigenvalue weighted by molar-refractivity contribution is 6.00. The Balaban J connectivity index is 1.97. The van der Waals surface area contributed by atoms with Crippen LogP contribution >= 0.6 is 0 Å². The molecule has 3 heteroatoms. The minimum Gasteiger partial charge on any atom is -0.493 e. The molecule has 0 amide bonds. The van der Waals surface area contributed by atoms with Gasteiger partial charge in [-0.1, -0.05) is 12.1 Å². The molecule has 1 aromatic rings. The molecular formula is C13H17NO2. The summed E-state index contributed by atoms with van der Waals surface area (Å²) in [7, 11) is 0. The number of hydrogen-bond donors (Lipinski definition) is 1. The Labute approximate surface area is 95.7 Å². The van der Waals surface area contributed by atoms with Crippen molar-refractivity contribution in [2.24, 2.45) is 11.1 Å². The van der Waals surface area contributed by atoms with E-state index in [1.807, 2.05) is 31.2 Å². The molecule has 0 aromatic heterocycles. The minimum atomic E-state index is 0.703. The van der Waals surface area contributed by atoms with Crippen molar-refractivity contribution in [3.8, 4) is 5.75 Å². The van der Waals surface area contributed by atoms with Gasteiger partial charge < -0.3 is 9.94 Å². The molecule has 1 fully saturated rings. The number of benzene rings is 1. The maximum absolute atomic E-state index is 8.79. The fourth-order valence-corrected chi connectivity index (χ4v) is 1.57. The van der Waals surface area contributed by atoms with Gasteiger partial charge in [0.2, 0.25) is 0 Å². The van der Waals surface area contributed by atoms with E-state index in [9.17, 15) is 0 Å². The summed E-state index contributed by atoms with van der Waals surface area (Å²) in [6, 6.07) is 7.72. The van der Waals surface area contributed by atoms with Gasteiger partial charge in [-0.05, 0) is 55.0 Å². The minimum absolute atomic E-state index is 0.703. The third-order valence-corrected chi connectivity index (χ3v) is 2.83. The van der Waals surface area contributed by atoms with Gasteiger partial charge in [0.25, 0.3) is 0 Å². The zero-order valence-electron chi connectivity index (χ0n) is 9.52. The van der Waals surface area contributed by atoms with E-state index in [0.29, 0.717) is 5.71 Å². The first-order chi connectivity index (χ1) is 7.83. The standard InChI is InChI=1S/C13H17NO2/c1-2-13(14-15)11-5-7-12(8-6-11)16-9-10-3-4-10/h5-8,10,15H,2-4,9H2,1H3/b14-13+. The predicted octanol–water partition coefficient (Wildman–Crippen LogP) is 3.06. The maximum atomic E-state index is 8.79. The molecule has 1 N–H and O–H groups in total. The molecule has 1 aliphatic rings. The van der Waals surface area contributed by atoms with Crippen LogP contribution in [0.2, 0.25) is 0 Å². The number of ether oxygens (including phenoxy) is 1. The number of oxime groups is 1. The monoisotopic (exact) mass is 219 g/mol. The van der Waals surface area contributed by atoms with Crippen molar-refractivity contribution in [2.45, 2.75) is 26.2 Å². The molecule has 0 spiro atoms. The maximum Gasteiger partial charge on any atom is 0.119 e. The van der Waals surface area contributed by atoms with Gasteiger partial charge in [-0.15, -0.1) is 0 Å². The number of hydrogen-bond acceptors (Lipinski definition) is 3. The summed E-state index contributed by atoms with van der Waals surface area (Å²) in [4.78, 5) is 0. The van der Waals surface area contributed by atoms with E-state index in [-0.39, 0.29) is 0 Å². The average Bonchev–Trinajstić information content (AvgIpc) is 3.13. The molecule has 1 saturated carbocycles. The summed E-state index contributed by atoms with van der Waals surface area (Å²) in [6.45, 7) is 2.79. The van der Waals surface area contributed by atoms with Crippen LogP contribution in [0.4, 0.5) is 0 Å². The van der Waals surface area contributed by atoms with Crippen LogP contribution in [-0.2, 0) is 0 Å². The van der Waals surface area contributed by atoms with Gasteiger partial charge in [0.15, 0.2) is 0 Å². The molecule has 0 unspecified atom stereocenters. The molecule has 3 nitrogen and oxygen atoms in total. The molecule has 0 aliphatic heterocycles. The molecule has 16 heavy (non-hydrogen) atoms. The third kappa shape index (κ3) is 2.75. The van der Waals surface area contributed by atoms with Gasteiger partial charge >= 0.3 is 0 Å². The van der Waals surface area contributed by atoms with Gasteiger partial charge in [0, 0.05) is 0 Å². The number of nitrogens with zero attached hydrogens (tertiary/aromatic N) is 1. The van der Waals surface area contributed by atoms with Gasteiger partial charge in [0.05, 0.1) is 12.3 Å². The van der Waals surface area contributed by atoms with Crippen LogP contribution in [0.15, 0.2) is 29.4 Å². The molecule has 1 aromatic carbocycles. The summed E-state index contributed by atoms with van der Waals surface area (Å²) < 4.78 is 5.63. The van der Waals surface area contributed by atoms with Crippen molar-refractivity contribution in [3.05, 3.63) is 29.8 Å². The van der Waals surface area contributed by atoms with E-state index in [0.717, 1.165) is 30.3 Å². The zero-order valence-corrected chi connectivity index (χ0v) is 9.52. The summed E-state index contributed by atoms with van der Waals surface area (Å²) >= 11 is 0. The molecule has 0 heterocycles. The lowest BCUT2D eigenvalue weighted by Crippen LogP contribution is -2.01. The molecule has 0 atom stereocenters. The van der Waals surface area contributed by atoms with Crippen LogP contribution < -0.4 is 4.74 Å². The van der Waals surface area contributed by atoms with Crippen molar-refractivity contribution >= 4 is 5.71 Å². The predicted molar refractivity (Wildman–Crippen MR) is 63.3 cm³/mol. The number of rotatable bonds is 5. The Bertz CT molecular complexity index is 366. The second-order valence-electron chi connectivity index (χ2n) is 4.18. The van der Waals surface area contributed by atoms with Gasteiger partial charge in [-0.2, -0.15) is 0 Å². The van der Waals surface area contributed by atoms with Crippen LogP contribution in [0.5, 0.6) is 5.75 Å². The summed E-state index contributed by atoms with van der Waals surface area (Å²) in [6.07, 6.45) is 3.32. The van der Waals surface area contributed by atoms with E-state index in [2.05, 4.69) is 5.16 Å². The van der Waals surface area contributed by atoms with Crippen LogP contribution in [0.3, 0.4) is 0 Å². The Morgan fingerprint density at radius 3 is 2.56 bits per heavy atom. The first-order valence-corrected chi connectivity index (χ1v) is 5.77. The van der Waals surface area contributed by atoms with Gasteiger partial charge in [-0.3, -0.25) is 0 Å².